The first-order valence-corrected chi connectivity index (χ1v) is 5.72. The number of hydrogen-bond donors (Lipinski definition) is 1. The summed E-state index contributed by atoms with van der Waals surface area (Å²) in [6.45, 7) is 3.70. The molecule has 1 heterocycles. The lowest BCUT2D eigenvalue weighted by molar-refractivity contribution is 0.419. The quantitative estimate of drug-likeness (QED) is 0.903. The average molecular weight is 246 g/mol. The van der Waals surface area contributed by atoms with Crippen LogP contribution in [0, 0.1) is 12.7 Å². The van der Waals surface area contributed by atoms with Gasteiger partial charge in [-0.05, 0) is 37.6 Å². The third kappa shape index (κ3) is 2.65. The highest BCUT2D eigenvalue weighted by Gasteiger charge is 2.12. The van der Waals surface area contributed by atoms with Crippen molar-refractivity contribution in [3.63, 3.8) is 0 Å². The smallest absolute Gasteiger partial charge is 0.224 e. The summed E-state index contributed by atoms with van der Waals surface area (Å²) in [6, 6.07) is 8.07. The molecular formula is C14H15FN2O. The Balaban J connectivity index is 2.37. The average Bonchev–Trinajstić information content (AvgIpc) is 2.34. The maximum atomic E-state index is 13.6. The van der Waals surface area contributed by atoms with Crippen LogP contribution in [0.5, 0.6) is 11.6 Å². The number of nitrogens with two attached hydrogens (primary N) is 1. The van der Waals surface area contributed by atoms with Gasteiger partial charge in [-0.15, -0.1) is 0 Å². The van der Waals surface area contributed by atoms with E-state index in [1.807, 2.05) is 19.9 Å². The van der Waals surface area contributed by atoms with Gasteiger partial charge in [0, 0.05) is 17.8 Å². The van der Waals surface area contributed by atoms with Crippen molar-refractivity contribution in [3.05, 3.63) is 53.5 Å². The van der Waals surface area contributed by atoms with Gasteiger partial charge in [0.25, 0.3) is 0 Å². The molecule has 94 valence electrons. The van der Waals surface area contributed by atoms with Crippen LogP contribution in [0.1, 0.15) is 24.1 Å². The zero-order valence-electron chi connectivity index (χ0n) is 10.4. The molecule has 0 aliphatic heterocycles. The fourth-order valence-corrected chi connectivity index (χ4v) is 1.63. The fourth-order valence-electron chi connectivity index (χ4n) is 1.63. The first-order valence-electron chi connectivity index (χ1n) is 5.72. The Bertz CT molecular complexity index is 555. The van der Waals surface area contributed by atoms with Gasteiger partial charge in [-0.1, -0.05) is 12.1 Å². The third-order valence-electron chi connectivity index (χ3n) is 2.58. The van der Waals surface area contributed by atoms with Crippen LogP contribution >= 0.6 is 0 Å². The lowest BCUT2D eigenvalue weighted by atomic mass is 10.1. The highest BCUT2D eigenvalue weighted by atomic mass is 19.1. The minimum absolute atomic E-state index is 0.163. The number of benzene rings is 1. The Kier molecular flexibility index (Phi) is 3.58. The van der Waals surface area contributed by atoms with E-state index in [-0.39, 0.29) is 11.8 Å². The van der Waals surface area contributed by atoms with Crippen molar-refractivity contribution in [1.82, 2.24) is 4.98 Å². The third-order valence-corrected chi connectivity index (χ3v) is 2.58. The predicted molar refractivity (Wildman–Crippen MR) is 68.1 cm³/mol. The van der Waals surface area contributed by atoms with Crippen LogP contribution in [0.2, 0.25) is 0 Å². The molecule has 0 bridgehead atoms. The van der Waals surface area contributed by atoms with Crippen molar-refractivity contribution in [2.24, 2.45) is 5.73 Å². The first-order chi connectivity index (χ1) is 8.58. The number of halogens is 1. The molecule has 0 saturated carbocycles. The molecule has 18 heavy (non-hydrogen) atoms. The van der Waals surface area contributed by atoms with Crippen LogP contribution < -0.4 is 10.5 Å². The molecule has 0 aliphatic carbocycles. The summed E-state index contributed by atoms with van der Waals surface area (Å²) in [7, 11) is 0. The molecule has 4 heteroatoms. The molecule has 0 radical (unpaired) electrons. The predicted octanol–water partition coefficient (Wildman–Crippen LogP) is 3.34. The number of rotatable bonds is 3. The number of nitrogens with zero attached hydrogens (tertiary/aromatic N) is 1. The summed E-state index contributed by atoms with van der Waals surface area (Å²) < 4.78 is 19.1. The summed E-state index contributed by atoms with van der Waals surface area (Å²) in [4.78, 5) is 4.10. The van der Waals surface area contributed by atoms with E-state index in [1.165, 1.54) is 6.07 Å². The van der Waals surface area contributed by atoms with Gasteiger partial charge in [0.05, 0.1) is 0 Å². The number of aryl methyl sites for hydroxylation is 1. The van der Waals surface area contributed by atoms with E-state index in [1.54, 1.807) is 24.4 Å². The molecule has 0 amide bonds. The van der Waals surface area contributed by atoms with E-state index in [2.05, 4.69) is 4.98 Å². The van der Waals surface area contributed by atoms with Gasteiger partial charge in [-0.3, -0.25) is 0 Å². The Labute approximate surface area is 105 Å². The number of aromatic nitrogens is 1. The van der Waals surface area contributed by atoms with E-state index in [9.17, 15) is 4.39 Å². The minimum Gasteiger partial charge on any atom is -0.436 e. The molecule has 1 aromatic heterocycles. The monoisotopic (exact) mass is 246 g/mol. The van der Waals surface area contributed by atoms with Crippen molar-refractivity contribution < 1.29 is 9.13 Å². The molecule has 1 aromatic carbocycles. The topological polar surface area (TPSA) is 48.1 Å². The maximum absolute atomic E-state index is 13.6. The molecule has 2 rings (SSSR count). The second kappa shape index (κ2) is 5.14. The SMILES string of the molecule is Cc1ccc(F)c(Oc2ncccc2[C@@H](C)N)c1. The van der Waals surface area contributed by atoms with Crippen LogP contribution in [-0.4, -0.2) is 4.98 Å². The summed E-state index contributed by atoms with van der Waals surface area (Å²) in [6.07, 6.45) is 1.59. The molecule has 1 atom stereocenters. The minimum atomic E-state index is -0.415. The van der Waals surface area contributed by atoms with Crippen molar-refractivity contribution in [1.29, 1.82) is 0 Å². The molecule has 0 unspecified atom stereocenters. The van der Waals surface area contributed by atoms with Crippen LogP contribution in [-0.2, 0) is 0 Å². The lowest BCUT2D eigenvalue weighted by Crippen LogP contribution is -2.07. The maximum Gasteiger partial charge on any atom is 0.224 e. The lowest BCUT2D eigenvalue weighted by Gasteiger charge is -2.12. The highest BCUT2D eigenvalue weighted by Crippen LogP contribution is 2.28. The van der Waals surface area contributed by atoms with Gasteiger partial charge in [-0.2, -0.15) is 0 Å². The summed E-state index contributed by atoms with van der Waals surface area (Å²) in [5, 5.41) is 0. The molecular weight excluding hydrogens is 231 g/mol. The van der Waals surface area contributed by atoms with E-state index < -0.39 is 5.82 Å². The second-order valence-corrected chi connectivity index (χ2v) is 4.22. The molecule has 2 aromatic rings. The Hall–Kier alpha value is -1.94. The Morgan fingerprint density at radius 3 is 2.83 bits per heavy atom. The zero-order valence-corrected chi connectivity index (χ0v) is 10.4. The molecule has 0 saturated heterocycles. The molecule has 0 aliphatic rings. The van der Waals surface area contributed by atoms with Crippen molar-refractivity contribution >= 4 is 0 Å². The van der Waals surface area contributed by atoms with Gasteiger partial charge >= 0.3 is 0 Å². The van der Waals surface area contributed by atoms with Crippen molar-refractivity contribution in [2.45, 2.75) is 19.9 Å². The Morgan fingerprint density at radius 1 is 1.33 bits per heavy atom. The largest absolute Gasteiger partial charge is 0.436 e. The van der Waals surface area contributed by atoms with E-state index in [0.717, 1.165) is 11.1 Å². The molecule has 2 N–H and O–H groups in total. The summed E-state index contributed by atoms with van der Waals surface area (Å²) >= 11 is 0. The van der Waals surface area contributed by atoms with Gasteiger partial charge in [0.1, 0.15) is 0 Å². The van der Waals surface area contributed by atoms with Crippen LogP contribution in [0.15, 0.2) is 36.5 Å². The van der Waals surface area contributed by atoms with Gasteiger partial charge in [0.15, 0.2) is 11.6 Å². The van der Waals surface area contributed by atoms with Crippen molar-refractivity contribution in [3.8, 4) is 11.6 Å². The van der Waals surface area contributed by atoms with Crippen LogP contribution in [0.4, 0.5) is 4.39 Å². The summed E-state index contributed by atoms with van der Waals surface area (Å²) in [5.41, 5.74) is 7.49. The van der Waals surface area contributed by atoms with E-state index in [0.29, 0.717) is 5.88 Å². The standard InChI is InChI=1S/C14H15FN2O/c1-9-5-6-12(15)13(8-9)18-14-11(10(2)16)4-3-7-17-14/h3-8,10H,16H2,1-2H3/t10-/m1/s1. The second-order valence-electron chi connectivity index (χ2n) is 4.22. The number of ether oxygens (including phenoxy) is 1. The van der Waals surface area contributed by atoms with Gasteiger partial charge < -0.3 is 10.5 Å². The van der Waals surface area contributed by atoms with E-state index >= 15 is 0 Å². The number of pyridine rings is 1. The normalized spacial score (nSPS) is 12.2. The van der Waals surface area contributed by atoms with Gasteiger partial charge in [-0.25, -0.2) is 9.37 Å². The highest BCUT2D eigenvalue weighted by molar-refractivity contribution is 5.36. The fraction of sp³-hybridized carbons (Fsp3) is 0.214. The molecule has 3 nitrogen and oxygen atoms in total. The van der Waals surface area contributed by atoms with E-state index in [4.69, 9.17) is 10.5 Å². The summed E-state index contributed by atoms with van der Waals surface area (Å²) in [5.74, 6) is 0.0921. The van der Waals surface area contributed by atoms with Crippen LogP contribution in [0.3, 0.4) is 0 Å². The molecule has 0 fully saturated rings. The zero-order chi connectivity index (χ0) is 13.1. The number of hydrogen-bond acceptors (Lipinski definition) is 3. The molecule has 0 spiro atoms. The van der Waals surface area contributed by atoms with Crippen LogP contribution in [0.25, 0.3) is 0 Å². The van der Waals surface area contributed by atoms with Crippen molar-refractivity contribution in [2.75, 3.05) is 0 Å². The first kappa shape index (κ1) is 12.5. The Morgan fingerprint density at radius 2 is 2.11 bits per heavy atom. The van der Waals surface area contributed by atoms with Gasteiger partial charge in [0.2, 0.25) is 5.88 Å².